The van der Waals surface area contributed by atoms with E-state index in [2.05, 4.69) is 76.9 Å². The van der Waals surface area contributed by atoms with Crippen molar-refractivity contribution in [2.45, 2.75) is 44.8 Å². The first-order valence-electron chi connectivity index (χ1n) is 9.65. The van der Waals surface area contributed by atoms with Gasteiger partial charge in [0.2, 0.25) is 0 Å². The molecule has 1 aromatic heterocycles. The van der Waals surface area contributed by atoms with Gasteiger partial charge in [0.25, 0.3) is 0 Å². The molecule has 3 heteroatoms. The Kier molecular flexibility index (Phi) is 6.81. The van der Waals surface area contributed by atoms with E-state index in [0.717, 1.165) is 37.9 Å². The fourth-order valence-electron chi connectivity index (χ4n) is 3.62. The van der Waals surface area contributed by atoms with E-state index in [0.29, 0.717) is 0 Å². The molecule has 0 fully saturated rings. The first kappa shape index (κ1) is 19.8. The third-order valence-corrected chi connectivity index (χ3v) is 5.53. The van der Waals surface area contributed by atoms with Gasteiger partial charge in [0.1, 0.15) is 5.60 Å². The maximum Gasteiger partial charge on any atom is 0.102 e. The molecule has 1 heterocycles. The monoisotopic (exact) mass is 379 g/mol. The van der Waals surface area contributed by atoms with Crippen LogP contribution in [0, 0.1) is 0 Å². The minimum Gasteiger partial charge on any atom is -0.384 e. The molecule has 0 spiro atoms. The summed E-state index contributed by atoms with van der Waals surface area (Å²) >= 11 is 1.73. The number of hydrogen-bond donors (Lipinski definition) is 1. The van der Waals surface area contributed by atoms with Gasteiger partial charge in [0.15, 0.2) is 0 Å². The zero-order valence-corrected chi connectivity index (χ0v) is 17.1. The van der Waals surface area contributed by atoms with Crippen LogP contribution in [0.1, 0.15) is 43.9 Å². The third kappa shape index (κ3) is 5.06. The lowest BCUT2D eigenvalue weighted by molar-refractivity contribution is 0.0377. The lowest BCUT2D eigenvalue weighted by atomic mass is 9.94. The fraction of sp³-hybridized carbons (Fsp3) is 0.333. The first-order chi connectivity index (χ1) is 13.1. The van der Waals surface area contributed by atoms with Gasteiger partial charge >= 0.3 is 0 Å². The number of rotatable bonds is 9. The molecule has 27 heavy (non-hydrogen) atoms. The predicted molar refractivity (Wildman–Crippen MR) is 118 cm³/mol. The molecule has 2 nitrogen and oxygen atoms in total. The molecule has 0 aliphatic carbocycles. The Hall–Kier alpha value is -1.97. The Morgan fingerprint density at radius 2 is 1.78 bits per heavy atom. The molecular weight excluding hydrogens is 350 g/mol. The number of aliphatic hydroxyl groups is 1. The van der Waals surface area contributed by atoms with Crippen LogP contribution in [0.3, 0.4) is 0 Å². The molecule has 2 aromatic carbocycles. The van der Waals surface area contributed by atoms with Crippen LogP contribution in [-0.4, -0.2) is 15.9 Å². The molecule has 0 radical (unpaired) electrons. The van der Waals surface area contributed by atoms with E-state index in [-0.39, 0.29) is 0 Å². The average molecular weight is 380 g/mol. The second-order valence-electron chi connectivity index (χ2n) is 7.29. The number of hydrogen-bond acceptors (Lipinski definition) is 2. The van der Waals surface area contributed by atoms with Crippen molar-refractivity contribution in [3.05, 3.63) is 83.4 Å². The van der Waals surface area contributed by atoms with Crippen LogP contribution in [0.5, 0.6) is 0 Å². The first-order valence-corrected chi connectivity index (χ1v) is 10.9. The van der Waals surface area contributed by atoms with Crippen LogP contribution in [0.4, 0.5) is 0 Å². The second-order valence-corrected chi connectivity index (χ2v) is 8.03. The molecule has 0 amide bonds. The highest BCUT2D eigenvalue weighted by Crippen LogP contribution is 2.32. The van der Waals surface area contributed by atoms with Gasteiger partial charge < -0.3 is 9.67 Å². The van der Waals surface area contributed by atoms with E-state index in [9.17, 15) is 5.11 Å². The number of thioether (sulfide) groups is 1. The van der Waals surface area contributed by atoms with Crippen LogP contribution >= 0.6 is 11.8 Å². The minimum absolute atomic E-state index is 0.769. The van der Waals surface area contributed by atoms with E-state index in [4.69, 9.17) is 0 Å². The van der Waals surface area contributed by atoms with Crippen LogP contribution in [0.25, 0.3) is 10.9 Å². The summed E-state index contributed by atoms with van der Waals surface area (Å²) in [6, 6.07) is 21.0. The van der Waals surface area contributed by atoms with E-state index in [1.807, 2.05) is 13.0 Å². The van der Waals surface area contributed by atoms with Crippen molar-refractivity contribution in [3.63, 3.8) is 0 Å². The van der Waals surface area contributed by atoms with Crippen molar-refractivity contribution < 1.29 is 5.11 Å². The zero-order valence-electron chi connectivity index (χ0n) is 16.3. The highest BCUT2D eigenvalue weighted by molar-refractivity contribution is 8.01. The molecule has 1 N–H and O–H groups in total. The van der Waals surface area contributed by atoms with Crippen LogP contribution in [0.2, 0.25) is 0 Å². The summed E-state index contributed by atoms with van der Waals surface area (Å²) in [6.45, 7) is 2.73. The highest BCUT2D eigenvalue weighted by atomic mass is 32.2. The Morgan fingerprint density at radius 1 is 1.04 bits per heavy atom. The smallest absolute Gasteiger partial charge is 0.102 e. The van der Waals surface area contributed by atoms with Gasteiger partial charge in [0.05, 0.1) is 5.69 Å². The van der Waals surface area contributed by atoms with Crippen LogP contribution in [-0.2, 0) is 12.1 Å². The molecule has 0 unspecified atom stereocenters. The number of nitrogens with zero attached hydrogens (tertiary/aromatic N) is 1. The van der Waals surface area contributed by atoms with Gasteiger partial charge in [-0.2, -0.15) is 0 Å². The minimum atomic E-state index is -0.836. The lowest BCUT2D eigenvalue weighted by Gasteiger charge is -2.26. The molecular formula is C24H29NOS. The highest BCUT2D eigenvalue weighted by Gasteiger charge is 2.27. The van der Waals surface area contributed by atoms with E-state index < -0.39 is 5.60 Å². The van der Waals surface area contributed by atoms with Crippen molar-refractivity contribution in [2.75, 3.05) is 6.26 Å². The lowest BCUT2D eigenvalue weighted by Crippen LogP contribution is -2.25. The van der Waals surface area contributed by atoms with Crippen molar-refractivity contribution in [1.29, 1.82) is 0 Å². The molecule has 142 valence electrons. The molecule has 0 bridgehead atoms. The Labute approximate surface area is 166 Å². The number of para-hydroxylation sites is 1. The standard InChI is InChI=1S/C24H29NOS/c1-24(26,16-10-3-4-11-17-27-2)23-18-21-14-8-9-15-22(21)25(23)19-20-12-6-5-7-13-20/h5-9,11-15,17-18,26H,3-4,10,16,19H2,1-2H3/b17-11+/t24-/m0/s1. The molecule has 0 aliphatic heterocycles. The topological polar surface area (TPSA) is 25.2 Å². The zero-order chi connectivity index (χ0) is 19.1. The summed E-state index contributed by atoms with van der Waals surface area (Å²) < 4.78 is 2.28. The molecule has 3 rings (SSSR count). The maximum atomic E-state index is 11.3. The summed E-state index contributed by atoms with van der Waals surface area (Å²) in [7, 11) is 0. The summed E-state index contributed by atoms with van der Waals surface area (Å²) in [5.41, 5.74) is 2.60. The molecule has 0 saturated carbocycles. The van der Waals surface area contributed by atoms with Gasteiger partial charge in [-0.3, -0.25) is 0 Å². The van der Waals surface area contributed by atoms with Crippen LogP contribution < -0.4 is 0 Å². The van der Waals surface area contributed by atoms with Crippen molar-refractivity contribution >= 4 is 22.7 Å². The normalized spacial score (nSPS) is 14.0. The van der Waals surface area contributed by atoms with E-state index in [1.54, 1.807) is 11.8 Å². The largest absolute Gasteiger partial charge is 0.384 e. The van der Waals surface area contributed by atoms with Crippen molar-refractivity contribution in [1.82, 2.24) is 4.57 Å². The number of fused-ring (bicyclic) bond motifs is 1. The van der Waals surface area contributed by atoms with Gasteiger partial charge in [-0.1, -0.05) is 54.6 Å². The predicted octanol–water partition coefficient (Wildman–Crippen LogP) is 6.33. The molecule has 0 saturated heterocycles. The summed E-state index contributed by atoms with van der Waals surface area (Å²) in [6.07, 6.45) is 8.25. The number of aromatic nitrogens is 1. The van der Waals surface area contributed by atoms with Gasteiger partial charge in [-0.05, 0) is 67.4 Å². The van der Waals surface area contributed by atoms with Crippen molar-refractivity contribution in [3.8, 4) is 0 Å². The number of allylic oxidation sites excluding steroid dienone is 1. The molecule has 1 atom stereocenters. The Balaban J connectivity index is 1.83. The summed E-state index contributed by atoms with van der Waals surface area (Å²) in [5, 5.41) is 14.6. The van der Waals surface area contributed by atoms with Gasteiger partial charge in [-0.15, -0.1) is 11.8 Å². The number of unbranched alkanes of at least 4 members (excludes halogenated alkanes) is 2. The number of benzene rings is 2. The second kappa shape index (κ2) is 9.29. The molecule has 3 aromatic rings. The van der Waals surface area contributed by atoms with E-state index >= 15 is 0 Å². The summed E-state index contributed by atoms with van der Waals surface area (Å²) in [5.74, 6) is 0. The maximum absolute atomic E-state index is 11.3. The molecule has 0 aliphatic rings. The van der Waals surface area contributed by atoms with Crippen LogP contribution in [0.15, 0.2) is 72.1 Å². The SMILES string of the molecule is CS/C=C/CCCC[C@](C)(O)c1cc2ccccc2n1Cc1ccccc1. The third-order valence-electron chi connectivity index (χ3n) is 5.06. The van der Waals surface area contributed by atoms with Gasteiger partial charge in [0, 0.05) is 12.1 Å². The van der Waals surface area contributed by atoms with Gasteiger partial charge in [-0.25, -0.2) is 0 Å². The van der Waals surface area contributed by atoms with E-state index in [1.165, 1.54) is 16.5 Å². The quantitative estimate of drug-likeness (QED) is 0.439. The van der Waals surface area contributed by atoms with Crippen molar-refractivity contribution in [2.24, 2.45) is 0 Å². The Morgan fingerprint density at radius 3 is 2.56 bits per heavy atom. The summed E-state index contributed by atoms with van der Waals surface area (Å²) in [4.78, 5) is 0. The average Bonchev–Trinajstić information content (AvgIpc) is 3.05. The Bertz CT molecular complexity index is 880. The fourth-order valence-corrected chi connectivity index (χ4v) is 3.95.